The SMILES string of the molecule is Cc1cc(C(Br)C2CCOCC2)c(F)cc1F. The molecule has 0 aliphatic carbocycles. The summed E-state index contributed by atoms with van der Waals surface area (Å²) in [5.41, 5.74) is 1.04. The monoisotopic (exact) mass is 304 g/mol. The second-order valence-electron chi connectivity index (χ2n) is 4.47. The van der Waals surface area contributed by atoms with Crippen molar-refractivity contribution in [3.8, 4) is 0 Å². The number of ether oxygens (including phenoxy) is 1. The quantitative estimate of drug-likeness (QED) is 0.746. The molecule has 1 heterocycles. The van der Waals surface area contributed by atoms with Crippen molar-refractivity contribution in [3.63, 3.8) is 0 Å². The molecule has 1 atom stereocenters. The highest BCUT2D eigenvalue weighted by molar-refractivity contribution is 9.09. The fourth-order valence-corrected chi connectivity index (χ4v) is 3.03. The third-order valence-electron chi connectivity index (χ3n) is 3.25. The van der Waals surface area contributed by atoms with Crippen molar-refractivity contribution >= 4 is 15.9 Å². The van der Waals surface area contributed by atoms with Crippen LogP contribution < -0.4 is 0 Å². The van der Waals surface area contributed by atoms with Crippen molar-refractivity contribution in [1.82, 2.24) is 0 Å². The van der Waals surface area contributed by atoms with Crippen molar-refractivity contribution in [2.45, 2.75) is 24.6 Å². The van der Waals surface area contributed by atoms with Gasteiger partial charge >= 0.3 is 0 Å². The molecule has 1 aliphatic heterocycles. The zero-order valence-electron chi connectivity index (χ0n) is 9.68. The fourth-order valence-electron chi connectivity index (χ4n) is 2.15. The second-order valence-corrected chi connectivity index (χ2v) is 5.46. The van der Waals surface area contributed by atoms with Gasteiger partial charge in [-0.1, -0.05) is 15.9 Å². The molecule has 0 amide bonds. The summed E-state index contributed by atoms with van der Waals surface area (Å²) in [6.07, 6.45) is 1.82. The summed E-state index contributed by atoms with van der Waals surface area (Å²) in [5, 5.41) is 0. The zero-order valence-corrected chi connectivity index (χ0v) is 11.3. The molecule has 1 aromatic carbocycles. The van der Waals surface area contributed by atoms with E-state index in [4.69, 9.17) is 4.74 Å². The van der Waals surface area contributed by atoms with Crippen molar-refractivity contribution < 1.29 is 13.5 Å². The van der Waals surface area contributed by atoms with Gasteiger partial charge in [0.05, 0.1) is 0 Å². The number of aryl methyl sites for hydroxylation is 1. The van der Waals surface area contributed by atoms with E-state index in [1.165, 1.54) is 0 Å². The normalized spacial score (nSPS) is 19.3. The first kappa shape index (κ1) is 13.0. The topological polar surface area (TPSA) is 9.23 Å². The maximum Gasteiger partial charge on any atom is 0.130 e. The summed E-state index contributed by atoms with van der Waals surface area (Å²) in [6, 6.07) is 2.57. The Kier molecular flexibility index (Phi) is 4.15. The molecule has 94 valence electrons. The standard InChI is InChI=1S/C13H15BrF2O/c1-8-6-10(12(16)7-11(8)15)13(14)9-2-4-17-5-3-9/h6-7,9,13H,2-5H2,1H3. The molecule has 17 heavy (non-hydrogen) atoms. The van der Waals surface area contributed by atoms with Gasteiger partial charge in [0.25, 0.3) is 0 Å². The van der Waals surface area contributed by atoms with Crippen LogP contribution in [0.2, 0.25) is 0 Å². The van der Waals surface area contributed by atoms with Crippen LogP contribution in [0.3, 0.4) is 0 Å². The van der Waals surface area contributed by atoms with Gasteiger partial charge in [-0.05, 0) is 37.3 Å². The van der Waals surface area contributed by atoms with Crippen LogP contribution in [-0.2, 0) is 4.74 Å². The molecule has 1 aliphatic rings. The van der Waals surface area contributed by atoms with Gasteiger partial charge in [0, 0.05) is 29.7 Å². The highest BCUT2D eigenvalue weighted by atomic mass is 79.9. The molecule has 0 radical (unpaired) electrons. The Labute approximate surface area is 108 Å². The number of benzene rings is 1. The second kappa shape index (κ2) is 5.44. The minimum atomic E-state index is -0.488. The molecule has 0 saturated carbocycles. The first-order chi connectivity index (χ1) is 8.09. The average Bonchev–Trinajstić information content (AvgIpc) is 2.34. The van der Waals surface area contributed by atoms with E-state index in [0.717, 1.165) is 18.9 Å². The van der Waals surface area contributed by atoms with E-state index in [1.54, 1.807) is 13.0 Å². The summed E-state index contributed by atoms with van der Waals surface area (Å²) in [6.45, 7) is 3.09. The van der Waals surface area contributed by atoms with Crippen LogP contribution in [0.15, 0.2) is 12.1 Å². The lowest BCUT2D eigenvalue weighted by Crippen LogP contribution is -2.20. The maximum absolute atomic E-state index is 13.7. The molecule has 0 N–H and O–H groups in total. The summed E-state index contributed by atoms with van der Waals surface area (Å²) in [4.78, 5) is -0.0642. The highest BCUT2D eigenvalue weighted by Crippen LogP contribution is 2.38. The van der Waals surface area contributed by atoms with Gasteiger partial charge in [-0.15, -0.1) is 0 Å². The van der Waals surface area contributed by atoms with Gasteiger partial charge in [-0.2, -0.15) is 0 Å². The number of hydrogen-bond donors (Lipinski definition) is 0. The van der Waals surface area contributed by atoms with Gasteiger partial charge in [-0.25, -0.2) is 8.78 Å². The Hall–Kier alpha value is -0.480. The Morgan fingerprint density at radius 1 is 1.24 bits per heavy atom. The van der Waals surface area contributed by atoms with Gasteiger partial charge in [0.1, 0.15) is 11.6 Å². The van der Waals surface area contributed by atoms with Gasteiger partial charge < -0.3 is 4.74 Å². The van der Waals surface area contributed by atoms with E-state index < -0.39 is 11.6 Å². The zero-order chi connectivity index (χ0) is 12.4. The van der Waals surface area contributed by atoms with E-state index in [2.05, 4.69) is 15.9 Å². The molecular formula is C13H15BrF2O. The molecule has 1 unspecified atom stereocenters. The summed E-state index contributed by atoms with van der Waals surface area (Å²) in [5.74, 6) is -0.609. The Morgan fingerprint density at radius 3 is 2.53 bits per heavy atom. The first-order valence-corrected chi connectivity index (χ1v) is 6.68. The van der Waals surface area contributed by atoms with Crippen LogP contribution in [0.1, 0.15) is 28.8 Å². The highest BCUT2D eigenvalue weighted by Gasteiger charge is 2.25. The molecular weight excluding hydrogens is 290 g/mol. The molecule has 0 spiro atoms. The van der Waals surface area contributed by atoms with Crippen LogP contribution in [0.4, 0.5) is 8.78 Å². The summed E-state index contributed by atoms with van der Waals surface area (Å²) in [7, 11) is 0. The van der Waals surface area contributed by atoms with Crippen molar-refractivity contribution in [3.05, 3.63) is 34.9 Å². The number of hydrogen-bond acceptors (Lipinski definition) is 1. The Bertz CT molecular complexity index is 403. The molecule has 1 fully saturated rings. The Morgan fingerprint density at radius 2 is 1.88 bits per heavy atom. The van der Waals surface area contributed by atoms with Crippen LogP contribution in [0, 0.1) is 24.5 Å². The number of alkyl halides is 1. The molecule has 2 rings (SSSR count). The lowest BCUT2D eigenvalue weighted by molar-refractivity contribution is 0.0659. The lowest BCUT2D eigenvalue weighted by Gasteiger charge is -2.27. The first-order valence-electron chi connectivity index (χ1n) is 5.77. The molecule has 0 bridgehead atoms. The summed E-state index contributed by atoms with van der Waals surface area (Å²) >= 11 is 3.54. The number of rotatable bonds is 2. The average molecular weight is 305 g/mol. The van der Waals surface area contributed by atoms with E-state index >= 15 is 0 Å². The van der Waals surface area contributed by atoms with Crippen molar-refractivity contribution in [1.29, 1.82) is 0 Å². The van der Waals surface area contributed by atoms with E-state index in [1.807, 2.05) is 0 Å². The van der Waals surface area contributed by atoms with Gasteiger partial charge in [-0.3, -0.25) is 0 Å². The minimum Gasteiger partial charge on any atom is -0.381 e. The third kappa shape index (κ3) is 2.86. The predicted octanol–water partition coefficient (Wildman–Crippen LogP) is 4.14. The van der Waals surface area contributed by atoms with Crippen LogP contribution in [0.5, 0.6) is 0 Å². The fraction of sp³-hybridized carbons (Fsp3) is 0.538. The van der Waals surface area contributed by atoms with E-state index in [0.29, 0.717) is 30.3 Å². The predicted molar refractivity (Wildman–Crippen MR) is 66.3 cm³/mol. The smallest absolute Gasteiger partial charge is 0.130 e. The van der Waals surface area contributed by atoms with Gasteiger partial charge in [0.15, 0.2) is 0 Å². The van der Waals surface area contributed by atoms with E-state index in [9.17, 15) is 8.78 Å². The van der Waals surface area contributed by atoms with Gasteiger partial charge in [0.2, 0.25) is 0 Å². The van der Waals surface area contributed by atoms with Crippen LogP contribution >= 0.6 is 15.9 Å². The third-order valence-corrected chi connectivity index (χ3v) is 4.50. The summed E-state index contributed by atoms with van der Waals surface area (Å²) < 4.78 is 32.2. The largest absolute Gasteiger partial charge is 0.381 e. The maximum atomic E-state index is 13.7. The lowest BCUT2D eigenvalue weighted by atomic mass is 9.91. The molecule has 1 saturated heterocycles. The van der Waals surface area contributed by atoms with E-state index in [-0.39, 0.29) is 4.83 Å². The van der Waals surface area contributed by atoms with Crippen molar-refractivity contribution in [2.75, 3.05) is 13.2 Å². The van der Waals surface area contributed by atoms with Crippen LogP contribution in [0.25, 0.3) is 0 Å². The molecule has 4 heteroatoms. The minimum absolute atomic E-state index is 0.0642. The van der Waals surface area contributed by atoms with Crippen LogP contribution in [-0.4, -0.2) is 13.2 Å². The Balaban J connectivity index is 2.23. The molecule has 1 aromatic rings. The molecule has 0 aromatic heterocycles. The van der Waals surface area contributed by atoms with Crippen molar-refractivity contribution in [2.24, 2.45) is 5.92 Å². The number of halogens is 3. The molecule has 1 nitrogen and oxygen atoms in total.